The Morgan fingerprint density at radius 1 is 1.22 bits per heavy atom. The number of hydrogen-bond acceptors (Lipinski definition) is 5. The zero-order valence-electron chi connectivity index (χ0n) is 10.3. The Morgan fingerprint density at radius 2 is 2.06 bits per heavy atom. The van der Waals surface area contributed by atoms with Gasteiger partial charge in [0.05, 0.1) is 6.20 Å². The van der Waals surface area contributed by atoms with Gasteiger partial charge in [-0.3, -0.25) is 0 Å². The van der Waals surface area contributed by atoms with Crippen molar-refractivity contribution in [1.29, 1.82) is 0 Å². The zero-order valence-corrected chi connectivity index (χ0v) is 11.0. The fourth-order valence-electron chi connectivity index (χ4n) is 1.41. The Hall–Kier alpha value is -1.88. The fraction of sp³-hybridized carbons (Fsp3) is 0.250. The average molecular weight is 264 g/mol. The summed E-state index contributed by atoms with van der Waals surface area (Å²) in [5.74, 6) is 1.56. The molecular formula is C12H14ClN5. The van der Waals surface area contributed by atoms with Crippen LogP contribution < -0.4 is 10.2 Å². The van der Waals surface area contributed by atoms with E-state index in [0.29, 0.717) is 17.4 Å². The molecular weight excluding hydrogens is 250 g/mol. The number of nitrogens with zero attached hydrogens (tertiary/aromatic N) is 4. The SMILES string of the molecule is CN(C)c1ccc(CNc2ncncc2Cl)cn1. The monoisotopic (exact) mass is 263 g/mol. The van der Waals surface area contributed by atoms with Crippen molar-refractivity contribution in [3.63, 3.8) is 0 Å². The lowest BCUT2D eigenvalue weighted by atomic mass is 10.3. The van der Waals surface area contributed by atoms with E-state index in [-0.39, 0.29) is 0 Å². The molecule has 0 spiro atoms. The summed E-state index contributed by atoms with van der Waals surface area (Å²) in [5, 5.41) is 3.65. The average Bonchev–Trinajstić information content (AvgIpc) is 2.38. The highest BCUT2D eigenvalue weighted by molar-refractivity contribution is 6.32. The van der Waals surface area contributed by atoms with Crippen LogP contribution in [0.3, 0.4) is 0 Å². The molecule has 0 bridgehead atoms. The molecule has 0 saturated heterocycles. The smallest absolute Gasteiger partial charge is 0.148 e. The van der Waals surface area contributed by atoms with E-state index < -0.39 is 0 Å². The summed E-state index contributed by atoms with van der Waals surface area (Å²) >= 11 is 5.95. The number of anilines is 2. The van der Waals surface area contributed by atoms with Gasteiger partial charge in [0.25, 0.3) is 0 Å². The van der Waals surface area contributed by atoms with Crippen molar-refractivity contribution in [3.05, 3.63) is 41.4 Å². The molecule has 0 aliphatic heterocycles. The quantitative estimate of drug-likeness (QED) is 0.917. The van der Waals surface area contributed by atoms with Crippen molar-refractivity contribution in [2.45, 2.75) is 6.54 Å². The number of aromatic nitrogens is 3. The standard InChI is InChI=1S/C12H14ClN5/c1-18(2)11-4-3-9(5-15-11)6-16-12-10(13)7-14-8-17-12/h3-5,7-8H,6H2,1-2H3,(H,14,16,17). The van der Waals surface area contributed by atoms with Crippen LogP contribution in [0.5, 0.6) is 0 Å². The zero-order chi connectivity index (χ0) is 13.0. The highest BCUT2D eigenvalue weighted by Gasteiger charge is 2.01. The van der Waals surface area contributed by atoms with Gasteiger partial charge in [0, 0.05) is 26.8 Å². The molecule has 2 aromatic rings. The summed E-state index contributed by atoms with van der Waals surface area (Å²) in [5.41, 5.74) is 1.07. The lowest BCUT2D eigenvalue weighted by Gasteiger charge is -2.11. The van der Waals surface area contributed by atoms with Crippen LogP contribution >= 0.6 is 11.6 Å². The minimum atomic E-state index is 0.510. The van der Waals surface area contributed by atoms with Gasteiger partial charge < -0.3 is 10.2 Å². The molecule has 0 atom stereocenters. The molecule has 2 aromatic heterocycles. The molecule has 0 aliphatic rings. The van der Waals surface area contributed by atoms with Gasteiger partial charge in [-0.25, -0.2) is 15.0 Å². The molecule has 18 heavy (non-hydrogen) atoms. The van der Waals surface area contributed by atoms with E-state index in [1.807, 2.05) is 37.3 Å². The molecule has 5 nitrogen and oxygen atoms in total. The summed E-state index contributed by atoms with van der Waals surface area (Å²) in [6.45, 7) is 0.622. The third kappa shape index (κ3) is 3.07. The number of halogens is 1. The maximum absolute atomic E-state index is 5.95. The van der Waals surface area contributed by atoms with E-state index in [0.717, 1.165) is 11.4 Å². The maximum atomic E-state index is 5.95. The van der Waals surface area contributed by atoms with Gasteiger partial charge in [-0.15, -0.1) is 0 Å². The second-order valence-electron chi connectivity index (χ2n) is 3.99. The maximum Gasteiger partial charge on any atom is 0.148 e. The second-order valence-corrected chi connectivity index (χ2v) is 4.40. The van der Waals surface area contributed by atoms with Gasteiger partial charge >= 0.3 is 0 Å². The van der Waals surface area contributed by atoms with E-state index in [1.54, 1.807) is 6.20 Å². The van der Waals surface area contributed by atoms with Gasteiger partial charge in [-0.1, -0.05) is 17.7 Å². The number of rotatable bonds is 4. The van der Waals surface area contributed by atoms with E-state index >= 15 is 0 Å². The molecule has 6 heteroatoms. The molecule has 2 heterocycles. The van der Waals surface area contributed by atoms with Gasteiger partial charge in [0.15, 0.2) is 0 Å². The van der Waals surface area contributed by atoms with Crippen molar-refractivity contribution in [2.24, 2.45) is 0 Å². The predicted molar refractivity (Wildman–Crippen MR) is 72.9 cm³/mol. The molecule has 0 saturated carbocycles. The van der Waals surface area contributed by atoms with Crippen LogP contribution in [0.25, 0.3) is 0 Å². The van der Waals surface area contributed by atoms with Crippen LogP contribution in [0.4, 0.5) is 11.6 Å². The summed E-state index contributed by atoms with van der Waals surface area (Å²) in [6, 6.07) is 3.99. The summed E-state index contributed by atoms with van der Waals surface area (Å²) < 4.78 is 0. The first-order chi connectivity index (χ1) is 8.66. The van der Waals surface area contributed by atoms with Crippen LogP contribution in [0.2, 0.25) is 5.02 Å². The number of hydrogen-bond donors (Lipinski definition) is 1. The van der Waals surface area contributed by atoms with E-state index in [9.17, 15) is 0 Å². The summed E-state index contributed by atoms with van der Waals surface area (Å²) in [7, 11) is 3.92. The summed E-state index contributed by atoms with van der Waals surface area (Å²) in [6.07, 6.45) is 4.85. The molecule has 0 amide bonds. The Bertz CT molecular complexity index is 512. The molecule has 0 fully saturated rings. The summed E-state index contributed by atoms with van der Waals surface area (Å²) in [4.78, 5) is 14.2. The van der Waals surface area contributed by atoms with Crippen molar-refractivity contribution in [1.82, 2.24) is 15.0 Å². The number of pyridine rings is 1. The highest BCUT2D eigenvalue weighted by Crippen LogP contribution is 2.17. The topological polar surface area (TPSA) is 53.9 Å². The van der Waals surface area contributed by atoms with Crippen molar-refractivity contribution >= 4 is 23.2 Å². The Labute approximate surface area is 111 Å². The van der Waals surface area contributed by atoms with Crippen LogP contribution in [0.1, 0.15) is 5.56 Å². The van der Waals surface area contributed by atoms with Gasteiger partial charge in [-0.05, 0) is 11.6 Å². The molecule has 0 aromatic carbocycles. The van der Waals surface area contributed by atoms with Gasteiger partial charge in [-0.2, -0.15) is 0 Å². The first kappa shape index (κ1) is 12.6. The van der Waals surface area contributed by atoms with Crippen LogP contribution in [-0.2, 0) is 6.54 Å². The van der Waals surface area contributed by atoms with Gasteiger partial charge in [0.2, 0.25) is 0 Å². The molecule has 0 unspecified atom stereocenters. The first-order valence-corrected chi connectivity index (χ1v) is 5.86. The van der Waals surface area contributed by atoms with Crippen molar-refractivity contribution in [3.8, 4) is 0 Å². The highest BCUT2D eigenvalue weighted by atomic mass is 35.5. The normalized spacial score (nSPS) is 10.2. The van der Waals surface area contributed by atoms with E-state index in [1.165, 1.54) is 6.33 Å². The lowest BCUT2D eigenvalue weighted by molar-refractivity contribution is 1.03. The second kappa shape index (κ2) is 5.64. The fourth-order valence-corrected chi connectivity index (χ4v) is 1.59. The molecule has 94 valence electrons. The van der Waals surface area contributed by atoms with E-state index in [2.05, 4.69) is 20.3 Å². The minimum Gasteiger partial charge on any atom is -0.365 e. The minimum absolute atomic E-state index is 0.510. The molecule has 2 rings (SSSR count). The lowest BCUT2D eigenvalue weighted by Crippen LogP contribution is -2.10. The van der Waals surface area contributed by atoms with Crippen LogP contribution in [0, 0.1) is 0 Å². The van der Waals surface area contributed by atoms with Crippen LogP contribution in [-0.4, -0.2) is 29.0 Å². The Kier molecular flexibility index (Phi) is 3.94. The van der Waals surface area contributed by atoms with Crippen molar-refractivity contribution in [2.75, 3.05) is 24.3 Å². The predicted octanol–water partition coefficient (Wildman–Crippen LogP) is 2.20. The first-order valence-electron chi connectivity index (χ1n) is 5.48. The molecule has 1 N–H and O–H groups in total. The Balaban J connectivity index is 2.00. The number of nitrogens with one attached hydrogen (secondary N) is 1. The van der Waals surface area contributed by atoms with Crippen LogP contribution in [0.15, 0.2) is 30.9 Å². The van der Waals surface area contributed by atoms with Crippen molar-refractivity contribution < 1.29 is 0 Å². The molecule has 0 aliphatic carbocycles. The Morgan fingerprint density at radius 3 is 2.67 bits per heavy atom. The third-order valence-electron chi connectivity index (χ3n) is 2.39. The third-order valence-corrected chi connectivity index (χ3v) is 2.67. The van der Waals surface area contributed by atoms with E-state index in [4.69, 9.17) is 11.6 Å². The van der Waals surface area contributed by atoms with Gasteiger partial charge in [0.1, 0.15) is 23.0 Å². The molecule has 0 radical (unpaired) electrons. The largest absolute Gasteiger partial charge is 0.365 e.